The summed E-state index contributed by atoms with van der Waals surface area (Å²) in [4.78, 5) is 16.1. The zero-order valence-corrected chi connectivity index (χ0v) is 10.9. The first-order valence-electron chi connectivity index (χ1n) is 6.63. The number of Topliss-reactive ketones (excluding diaryl/α,β-unsaturated/α-hetero) is 1. The van der Waals surface area contributed by atoms with Crippen molar-refractivity contribution in [2.24, 2.45) is 0 Å². The summed E-state index contributed by atoms with van der Waals surface area (Å²) >= 11 is 0. The van der Waals surface area contributed by atoms with Crippen molar-refractivity contribution in [3.8, 4) is 0 Å². The quantitative estimate of drug-likeness (QED) is 0.909. The van der Waals surface area contributed by atoms with Gasteiger partial charge in [0.15, 0.2) is 5.78 Å². The van der Waals surface area contributed by atoms with Crippen LogP contribution in [0.1, 0.15) is 24.8 Å². The van der Waals surface area contributed by atoms with E-state index in [1.165, 1.54) is 6.07 Å². The molecule has 2 aromatic rings. The van der Waals surface area contributed by atoms with Crippen LogP contribution in [0.2, 0.25) is 0 Å². The number of allylic oxidation sites excluding steroid dienone is 2. The van der Waals surface area contributed by atoms with Gasteiger partial charge < -0.3 is 5.11 Å². The van der Waals surface area contributed by atoms with Gasteiger partial charge in [-0.1, -0.05) is 6.07 Å². The maximum absolute atomic E-state index is 14.1. The van der Waals surface area contributed by atoms with E-state index in [4.69, 9.17) is 0 Å². The van der Waals surface area contributed by atoms with Gasteiger partial charge in [-0.3, -0.25) is 9.78 Å². The first-order chi connectivity index (χ1) is 9.66. The van der Waals surface area contributed by atoms with Crippen LogP contribution in [0.4, 0.5) is 4.39 Å². The van der Waals surface area contributed by atoms with E-state index >= 15 is 0 Å². The zero-order valence-electron chi connectivity index (χ0n) is 10.9. The fourth-order valence-electron chi connectivity index (χ4n) is 2.61. The smallest absolute Gasteiger partial charge is 0.162 e. The third-order valence-electron chi connectivity index (χ3n) is 3.68. The fourth-order valence-corrected chi connectivity index (χ4v) is 2.61. The van der Waals surface area contributed by atoms with E-state index in [1.807, 2.05) is 6.07 Å². The van der Waals surface area contributed by atoms with E-state index in [0.717, 1.165) is 5.39 Å². The van der Waals surface area contributed by atoms with E-state index in [1.54, 1.807) is 18.3 Å². The van der Waals surface area contributed by atoms with Gasteiger partial charge in [-0.2, -0.15) is 0 Å². The van der Waals surface area contributed by atoms with Gasteiger partial charge in [-0.15, -0.1) is 0 Å². The Hall–Kier alpha value is -2.23. The second-order valence-corrected chi connectivity index (χ2v) is 4.98. The Morgan fingerprint density at radius 2 is 2.10 bits per heavy atom. The number of carbonyl (C=O) groups excluding carboxylic acids is 1. The van der Waals surface area contributed by atoms with Crippen LogP contribution in [0, 0.1) is 5.82 Å². The molecule has 4 heteroatoms. The highest BCUT2D eigenvalue weighted by molar-refractivity contribution is 5.97. The molecule has 0 fully saturated rings. The Balaban J connectivity index is 2.11. The molecule has 1 N–H and O–H groups in total. The molecule has 1 aliphatic carbocycles. The summed E-state index contributed by atoms with van der Waals surface area (Å²) in [5, 5.41) is 10.7. The number of benzene rings is 1. The molecule has 0 saturated carbocycles. The number of carbonyl (C=O) groups is 1. The molecule has 20 heavy (non-hydrogen) atoms. The number of hydrogen-bond donors (Lipinski definition) is 1. The Morgan fingerprint density at radius 3 is 2.90 bits per heavy atom. The number of aromatic nitrogens is 1. The van der Waals surface area contributed by atoms with E-state index in [0.29, 0.717) is 35.9 Å². The van der Waals surface area contributed by atoms with Gasteiger partial charge in [0.05, 0.1) is 11.3 Å². The van der Waals surface area contributed by atoms with E-state index in [-0.39, 0.29) is 18.0 Å². The molecule has 0 amide bonds. The lowest BCUT2D eigenvalue weighted by Crippen LogP contribution is -2.14. The Bertz CT molecular complexity index is 721. The van der Waals surface area contributed by atoms with Crippen LogP contribution in [-0.2, 0) is 11.2 Å². The van der Waals surface area contributed by atoms with Gasteiger partial charge in [0.2, 0.25) is 0 Å². The van der Waals surface area contributed by atoms with Crippen molar-refractivity contribution in [1.29, 1.82) is 0 Å². The minimum absolute atomic E-state index is 0.0913. The van der Waals surface area contributed by atoms with Crippen molar-refractivity contribution in [2.45, 2.75) is 25.7 Å². The van der Waals surface area contributed by atoms with Gasteiger partial charge in [-0.05, 0) is 24.6 Å². The van der Waals surface area contributed by atoms with Crippen LogP contribution in [0.3, 0.4) is 0 Å². The molecule has 3 nitrogen and oxygen atoms in total. The molecule has 0 radical (unpaired) electrons. The number of ketones is 1. The molecule has 0 saturated heterocycles. The highest BCUT2D eigenvalue weighted by Crippen LogP contribution is 2.27. The topological polar surface area (TPSA) is 50.2 Å². The highest BCUT2D eigenvalue weighted by Gasteiger charge is 2.22. The van der Waals surface area contributed by atoms with Crippen LogP contribution < -0.4 is 0 Å². The molecule has 102 valence electrons. The third kappa shape index (κ3) is 2.18. The first kappa shape index (κ1) is 12.8. The van der Waals surface area contributed by atoms with Crippen molar-refractivity contribution in [1.82, 2.24) is 4.98 Å². The number of rotatable bonds is 2. The summed E-state index contributed by atoms with van der Waals surface area (Å²) < 4.78 is 14.1. The van der Waals surface area contributed by atoms with Gasteiger partial charge in [0.25, 0.3) is 0 Å². The van der Waals surface area contributed by atoms with Crippen molar-refractivity contribution in [3.63, 3.8) is 0 Å². The lowest BCUT2D eigenvalue weighted by atomic mass is 9.90. The molecule has 1 heterocycles. The number of aliphatic hydroxyl groups excluding tert-OH is 1. The third-order valence-corrected chi connectivity index (χ3v) is 3.68. The van der Waals surface area contributed by atoms with Gasteiger partial charge in [0, 0.05) is 42.0 Å². The Morgan fingerprint density at radius 1 is 1.25 bits per heavy atom. The maximum atomic E-state index is 14.1. The predicted octanol–water partition coefficient (Wildman–Crippen LogP) is 3.48. The van der Waals surface area contributed by atoms with Crippen molar-refractivity contribution >= 4 is 16.7 Å². The summed E-state index contributed by atoms with van der Waals surface area (Å²) in [6.07, 6.45) is 3.26. The number of nitrogens with zero attached hydrogens (tertiary/aromatic N) is 1. The fraction of sp³-hybridized carbons (Fsp3) is 0.250. The van der Waals surface area contributed by atoms with Gasteiger partial charge in [0.1, 0.15) is 5.82 Å². The number of aliphatic hydroxyl groups is 1. The standard InChI is InChI=1S/C16H14FNO2/c17-13-7-6-10-3-2-8-18-16(10)11(13)9-12-14(19)4-1-5-15(12)20/h2-3,6-8,19H,1,4-5,9H2. The molecular formula is C16H14FNO2. The van der Waals surface area contributed by atoms with Crippen LogP contribution in [0.15, 0.2) is 41.8 Å². The molecule has 1 aromatic heterocycles. The number of halogens is 1. The zero-order chi connectivity index (χ0) is 14.1. The summed E-state index contributed by atoms with van der Waals surface area (Å²) in [6.45, 7) is 0. The molecule has 0 atom stereocenters. The van der Waals surface area contributed by atoms with Crippen molar-refractivity contribution < 1.29 is 14.3 Å². The second-order valence-electron chi connectivity index (χ2n) is 4.98. The van der Waals surface area contributed by atoms with Crippen LogP contribution >= 0.6 is 0 Å². The van der Waals surface area contributed by atoms with Gasteiger partial charge >= 0.3 is 0 Å². The number of hydrogen-bond acceptors (Lipinski definition) is 3. The van der Waals surface area contributed by atoms with Crippen LogP contribution in [0.25, 0.3) is 10.9 Å². The van der Waals surface area contributed by atoms with Crippen LogP contribution in [0.5, 0.6) is 0 Å². The van der Waals surface area contributed by atoms with Gasteiger partial charge in [-0.25, -0.2) is 4.39 Å². The summed E-state index contributed by atoms with van der Waals surface area (Å²) in [5.74, 6) is -0.399. The molecule has 0 spiro atoms. The molecule has 0 aliphatic heterocycles. The van der Waals surface area contributed by atoms with Crippen LogP contribution in [-0.4, -0.2) is 15.9 Å². The second kappa shape index (κ2) is 5.04. The summed E-state index contributed by atoms with van der Waals surface area (Å²) in [6, 6.07) is 6.68. The Labute approximate surface area is 115 Å². The lowest BCUT2D eigenvalue weighted by Gasteiger charge is -2.16. The maximum Gasteiger partial charge on any atom is 0.162 e. The predicted molar refractivity (Wildman–Crippen MR) is 73.9 cm³/mol. The number of fused-ring (bicyclic) bond motifs is 1. The van der Waals surface area contributed by atoms with E-state index in [9.17, 15) is 14.3 Å². The van der Waals surface area contributed by atoms with Crippen molar-refractivity contribution in [2.75, 3.05) is 0 Å². The summed E-state index contributed by atoms with van der Waals surface area (Å²) in [5.41, 5.74) is 1.25. The monoisotopic (exact) mass is 271 g/mol. The molecule has 3 rings (SSSR count). The lowest BCUT2D eigenvalue weighted by molar-refractivity contribution is -0.116. The van der Waals surface area contributed by atoms with E-state index in [2.05, 4.69) is 4.98 Å². The normalized spacial score (nSPS) is 15.9. The SMILES string of the molecule is O=C1CCCC(O)=C1Cc1c(F)ccc2cccnc12. The van der Waals surface area contributed by atoms with Crippen molar-refractivity contribution in [3.05, 3.63) is 53.2 Å². The van der Waals surface area contributed by atoms with E-state index < -0.39 is 5.82 Å². The molecule has 1 aliphatic rings. The Kier molecular flexibility index (Phi) is 3.22. The molecule has 0 bridgehead atoms. The minimum atomic E-state index is -0.394. The largest absolute Gasteiger partial charge is 0.512 e. The summed E-state index contributed by atoms with van der Waals surface area (Å²) in [7, 11) is 0. The highest BCUT2D eigenvalue weighted by atomic mass is 19.1. The molecule has 1 aromatic carbocycles. The first-order valence-corrected chi connectivity index (χ1v) is 6.63. The minimum Gasteiger partial charge on any atom is -0.512 e. The average Bonchev–Trinajstić information content (AvgIpc) is 2.45. The molecular weight excluding hydrogens is 257 g/mol. The molecule has 0 unspecified atom stereocenters. The number of pyridine rings is 1. The average molecular weight is 271 g/mol.